The molecule has 3 aliphatic heterocycles. The first-order valence-electron chi connectivity index (χ1n) is 13.1. The monoisotopic (exact) mass is 513 g/mol. The van der Waals surface area contributed by atoms with Crippen molar-refractivity contribution in [2.24, 2.45) is 0 Å². The van der Waals surface area contributed by atoms with Gasteiger partial charge in [-0.05, 0) is 42.0 Å². The van der Waals surface area contributed by atoms with E-state index in [2.05, 4.69) is 20.2 Å². The number of carbonyl (C=O) groups excluding carboxylic acids is 2. The van der Waals surface area contributed by atoms with Gasteiger partial charge in [-0.1, -0.05) is 12.1 Å². The van der Waals surface area contributed by atoms with Gasteiger partial charge in [0.05, 0.1) is 37.7 Å². The van der Waals surface area contributed by atoms with Gasteiger partial charge in [0.2, 0.25) is 0 Å². The molecule has 9 heteroatoms. The van der Waals surface area contributed by atoms with Crippen LogP contribution in [0.15, 0.2) is 42.6 Å². The van der Waals surface area contributed by atoms with Gasteiger partial charge in [-0.15, -0.1) is 0 Å². The lowest BCUT2D eigenvalue weighted by molar-refractivity contribution is 0.0303. The second-order valence-corrected chi connectivity index (χ2v) is 9.66. The fourth-order valence-electron chi connectivity index (χ4n) is 5.18. The molecule has 3 aromatic rings. The molecule has 1 aromatic carbocycles. The third-order valence-corrected chi connectivity index (χ3v) is 7.26. The van der Waals surface area contributed by atoms with Crippen molar-refractivity contribution in [2.45, 2.75) is 6.42 Å². The number of hydrogen-bond donors (Lipinski definition) is 2. The Morgan fingerprint density at radius 2 is 1.74 bits per heavy atom. The summed E-state index contributed by atoms with van der Waals surface area (Å²) in [7, 11) is 0. The molecular formula is C29H31N5O4. The topological polar surface area (TPSA) is 99.8 Å². The summed E-state index contributed by atoms with van der Waals surface area (Å²) in [4.78, 5) is 37.4. The number of aromatic nitrogens is 2. The second kappa shape index (κ2) is 10.8. The number of carbonyl (C=O) groups is 2. The first kappa shape index (κ1) is 24.4. The average molecular weight is 514 g/mol. The number of hydrogen-bond acceptors (Lipinski definition) is 6. The fourth-order valence-corrected chi connectivity index (χ4v) is 5.18. The number of aromatic amines is 1. The molecule has 196 valence electrons. The average Bonchev–Trinajstić information content (AvgIpc) is 3.43. The Balaban J connectivity index is 1.28. The lowest BCUT2D eigenvalue weighted by Gasteiger charge is -2.31. The molecule has 0 atom stereocenters. The van der Waals surface area contributed by atoms with Crippen LogP contribution in [-0.2, 0) is 15.9 Å². The van der Waals surface area contributed by atoms with Crippen LogP contribution in [-0.4, -0.2) is 85.8 Å². The van der Waals surface area contributed by atoms with Gasteiger partial charge in [0.1, 0.15) is 0 Å². The summed E-state index contributed by atoms with van der Waals surface area (Å²) in [6.07, 6.45) is 6.62. The largest absolute Gasteiger partial charge is 0.378 e. The lowest BCUT2D eigenvalue weighted by atomic mass is 10.0. The number of pyridine rings is 1. The van der Waals surface area contributed by atoms with Gasteiger partial charge in [0.25, 0.3) is 11.8 Å². The molecule has 5 heterocycles. The molecule has 0 spiro atoms. The standard InChI is InChI=1S/C29H31N5O4/c35-28-24-19-26(32-25(24)6-8-31-28)21-5-7-30-23(17-21)4-3-20-1-2-22(29(36)34-11-15-38-16-12-34)18-27(20)33-9-13-37-14-10-33/h1-5,7,17-19,32H,6,8-16H2,(H,31,35). The molecule has 3 aliphatic rings. The van der Waals surface area contributed by atoms with E-state index in [9.17, 15) is 9.59 Å². The Kier molecular flexibility index (Phi) is 6.94. The number of fused-ring (bicyclic) bond motifs is 1. The smallest absolute Gasteiger partial charge is 0.254 e. The van der Waals surface area contributed by atoms with Crippen molar-refractivity contribution in [1.82, 2.24) is 20.2 Å². The van der Waals surface area contributed by atoms with Crippen molar-refractivity contribution >= 4 is 29.7 Å². The fraction of sp³-hybridized carbons (Fsp3) is 0.345. The van der Waals surface area contributed by atoms with Crippen LogP contribution in [0.2, 0.25) is 0 Å². The molecular weight excluding hydrogens is 482 g/mol. The molecule has 2 saturated heterocycles. The molecule has 0 unspecified atom stereocenters. The first-order valence-corrected chi connectivity index (χ1v) is 13.1. The van der Waals surface area contributed by atoms with Gasteiger partial charge in [-0.2, -0.15) is 0 Å². The number of benzene rings is 1. The highest BCUT2D eigenvalue weighted by Crippen LogP contribution is 2.28. The molecule has 2 aromatic heterocycles. The highest BCUT2D eigenvalue weighted by molar-refractivity contribution is 5.98. The van der Waals surface area contributed by atoms with Crippen molar-refractivity contribution in [3.8, 4) is 11.3 Å². The summed E-state index contributed by atoms with van der Waals surface area (Å²) in [5.41, 5.74) is 7.09. The zero-order valence-corrected chi connectivity index (χ0v) is 21.2. The second-order valence-electron chi connectivity index (χ2n) is 9.66. The normalized spacial score (nSPS) is 17.9. The third-order valence-electron chi connectivity index (χ3n) is 7.26. The number of morpholine rings is 2. The predicted octanol–water partition coefficient (Wildman–Crippen LogP) is 2.84. The summed E-state index contributed by atoms with van der Waals surface area (Å²) in [6, 6.07) is 11.8. The summed E-state index contributed by atoms with van der Waals surface area (Å²) < 4.78 is 11.0. The van der Waals surface area contributed by atoms with Crippen molar-refractivity contribution in [1.29, 1.82) is 0 Å². The van der Waals surface area contributed by atoms with Crippen LogP contribution in [0.25, 0.3) is 23.4 Å². The quantitative estimate of drug-likeness (QED) is 0.544. The van der Waals surface area contributed by atoms with Gasteiger partial charge in [-0.25, -0.2) is 0 Å². The number of rotatable bonds is 5. The number of nitrogens with zero attached hydrogens (tertiary/aromatic N) is 3. The molecule has 0 saturated carbocycles. The van der Waals surface area contributed by atoms with Gasteiger partial charge in [-0.3, -0.25) is 14.6 Å². The zero-order chi connectivity index (χ0) is 25.9. The van der Waals surface area contributed by atoms with E-state index in [1.54, 1.807) is 6.20 Å². The SMILES string of the molecule is O=C1NCCc2[nH]c(-c3ccnc(C=Cc4ccc(C(=O)N5CCOCC5)cc4N4CCOCC4)c3)cc21. The summed E-state index contributed by atoms with van der Waals surface area (Å²) >= 11 is 0. The highest BCUT2D eigenvalue weighted by Gasteiger charge is 2.22. The van der Waals surface area contributed by atoms with E-state index in [4.69, 9.17) is 9.47 Å². The van der Waals surface area contributed by atoms with Crippen molar-refractivity contribution in [3.63, 3.8) is 0 Å². The van der Waals surface area contributed by atoms with E-state index in [0.29, 0.717) is 57.2 Å². The Morgan fingerprint density at radius 3 is 2.53 bits per heavy atom. The lowest BCUT2D eigenvalue weighted by Crippen LogP contribution is -2.41. The van der Waals surface area contributed by atoms with Crippen LogP contribution >= 0.6 is 0 Å². The van der Waals surface area contributed by atoms with Gasteiger partial charge < -0.3 is 29.6 Å². The van der Waals surface area contributed by atoms with E-state index in [1.165, 1.54) is 0 Å². The molecule has 9 nitrogen and oxygen atoms in total. The third kappa shape index (κ3) is 5.07. The van der Waals surface area contributed by atoms with Gasteiger partial charge in [0.15, 0.2) is 0 Å². The van der Waals surface area contributed by atoms with Crippen LogP contribution in [0.3, 0.4) is 0 Å². The molecule has 2 N–H and O–H groups in total. The Labute approximate surface area is 221 Å². The maximum absolute atomic E-state index is 13.2. The van der Waals surface area contributed by atoms with Crippen LogP contribution in [0.4, 0.5) is 5.69 Å². The molecule has 0 radical (unpaired) electrons. The van der Waals surface area contributed by atoms with Crippen molar-refractivity contribution < 1.29 is 19.1 Å². The Morgan fingerprint density at radius 1 is 0.947 bits per heavy atom. The molecule has 38 heavy (non-hydrogen) atoms. The van der Waals surface area contributed by atoms with Crippen LogP contribution in [0.1, 0.15) is 37.7 Å². The molecule has 6 rings (SSSR count). The Bertz CT molecular complexity index is 1370. The van der Waals surface area contributed by atoms with Crippen LogP contribution in [0, 0.1) is 0 Å². The van der Waals surface area contributed by atoms with Crippen molar-refractivity contribution in [3.05, 3.63) is 70.7 Å². The Hall–Kier alpha value is -3.95. The number of H-pyrrole nitrogens is 1. The summed E-state index contributed by atoms with van der Waals surface area (Å²) in [5.74, 6) is 0.00384. The first-order chi connectivity index (χ1) is 18.7. The van der Waals surface area contributed by atoms with E-state index >= 15 is 0 Å². The van der Waals surface area contributed by atoms with E-state index in [-0.39, 0.29) is 11.8 Å². The minimum atomic E-state index is -0.0332. The predicted molar refractivity (Wildman–Crippen MR) is 145 cm³/mol. The van der Waals surface area contributed by atoms with E-state index in [0.717, 1.165) is 53.4 Å². The number of nitrogens with one attached hydrogen (secondary N) is 2. The number of anilines is 1. The highest BCUT2D eigenvalue weighted by atomic mass is 16.5. The number of ether oxygens (including phenoxy) is 2. The number of amides is 2. The minimum Gasteiger partial charge on any atom is -0.378 e. The maximum atomic E-state index is 13.2. The van der Waals surface area contributed by atoms with Gasteiger partial charge >= 0.3 is 0 Å². The van der Waals surface area contributed by atoms with Crippen LogP contribution in [0.5, 0.6) is 0 Å². The molecule has 2 fully saturated rings. The van der Waals surface area contributed by atoms with E-state index in [1.807, 2.05) is 53.5 Å². The molecule has 0 bridgehead atoms. The van der Waals surface area contributed by atoms with Crippen molar-refractivity contribution in [2.75, 3.05) is 64.1 Å². The van der Waals surface area contributed by atoms with E-state index < -0.39 is 0 Å². The summed E-state index contributed by atoms with van der Waals surface area (Å²) in [6.45, 7) is 5.90. The maximum Gasteiger partial charge on any atom is 0.254 e. The van der Waals surface area contributed by atoms with Gasteiger partial charge in [0, 0.05) is 73.5 Å². The molecule has 2 amide bonds. The van der Waals surface area contributed by atoms with Crippen LogP contribution < -0.4 is 10.2 Å². The zero-order valence-electron chi connectivity index (χ0n) is 21.2. The minimum absolute atomic E-state index is 0.0332. The summed E-state index contributed by atoms with van der Waals surface area (Å²) in [5, 5.41) is 2.89. The molecule has 0 aliphatic carbocycles.